The van der Waals surface area contributed by atoms with Gasteiger partial charge in [-0.2, -0.15) is 0 Å². The van der Waals surface area contributed by atoms with Gasteiger partial charge < -0.3 is 9.53 Å². The van der Waals surface area contributed by atoms with Crippen molar-refractivity contribution in [3.8, 4) is 0 Å². The Balaban J connectivity index is 2.68. The standard InChI is InChI=1S/C5H8O2/c1-2-7-5-3-4-6/h2,4H,1,3,5H2. The van der Waals surface area contributed by atoms with E-state index >= 15 is 0 Å². The SMILES string of the molecule is C=COCCC=O. The average molecular weight is 100 g/mol. The summed E-state index contributed by atoms with van der Waals surface area (Å²) in [6, 6.07) is 0. The molecule has 2 heteroatoms. The average Bonchev–Trinajstić information content (AvgIpc) is 1.69. The minimum Gasteiger partial charge on any atom is -0.501 e. The van der Waals surface area contributed by atoms with Crippen LogP contribution < -0.4 is 0 Å². The Hall–Kier alpha value is -0.790. The fourth-order valence-electron chi connectivity index (χ4n) is 0.199. The Morgan fingerprint density at radius 1 is 1.71 bits per heavy atom. The van der Waals surface area contributed by atoms with Crippen molar-refractivity contribution in [2.75, 3.05) is 6.61 Å². The van der Waals surface area contributed by atoms with Gasteiger partial charge in [-0.15, -0.1) is 0 Å². The molecule has 0 rings (SSSR count). The summed E-state index contributed by atoms with van der Waals surface area (Å²) in [6.45, 7) is 3.75. The number of hydrogen-bond donors (Lipinski definition) is 0. The van der Waals surface area contributed by atoms with Gasteiger partial charge in [-0.3, -0.25) is 0 Å². The summed E-state index contributed by atoms with van der Waals surface area (Å²) in [7, 11) is 0. The van der Waals surface area contributed by atoms with Crippen LogP contribution in [-0.4, -0.2) is 12.9 Å². The van der Waals surface area contributed by atoms with E-state index in [1.165, 1.54) is 6.26 Å². The molecule has 0 heterocycles. The summed E-state index contributed by atoms with van der Waals surface area (Å²) < 4.78 is 4.61. The van der Waals surface area contributed by atoms with Crippen molar-refractivity contribution in [2.45, 2.75) is 6.42 Å². The van der Waals surface area contributed by atoms with E-state index in [2.05, 4.69) is 11.3 Å². The molecule has 0 atom stereocenters. The predicted octanol–water partition coefficient (Wildman–Crippen LogP) is 0.735. The Labute approximate surface area is 42.8 Å². The van der Waals surface area contributed by atoms with E-state index in [1.807, 2.05) is 0 Å². The molecule has 0 saturated heterocycles. The maximum atomic E-state index is 9.57. The number of aldehydes is 1. The smallest absolute Gasteiger partial charge is 0.123 e. The van der Waals surface area contributed by atoms with Crippen molar-refractivity contribution in [2.24, 2.45) is 0 Å². The molecule has 0 bridgehead atoms. The van der Waals surface area contributed by atoms with Crippen molar-refractivity contribution in [3.05, 3.63) is 12.8 Å². The lowest BCUT2D eigenvalue weighted by molar-refractivity contribution is -0.108. The number of rotatable bonds is 4. The molecule has 0 saturated carbocycles. The van der Waals surface area contributed by atoms with Crippen LogP contribution in [0.25, 0.3) is 0 Å². The third kappa shape index (κ3) is 5.21. The lowest BCUT2D eigenvalue weighted by atomic mass is 10.5. The van der Waals surface area contributed by atoms with E-state index in [-0.39, 0.29) is 0 Å². The van der Waals surface area contributed by atoms with Gasteiger partial charge in [-0.1, -0.05) is 6.58 Å². The first-order valence-electron chi connectivity index (χ1n) is 2.08. The van der Waals surface area contributed by atoms with Crippen LogP contribution >= 0.6 is 0 Å². The first-order valence-corrected chi connectivity index (χ1v) is 2.08. The van der Waals surface area contributed by atoms with Crippen LogP contribution in [0, 0.1) is 0 Å². The van der Waals surface area contributed by atoms with Gasteiger partial charge in [-0.25, -0.2) is 0 Å². The number of hydrogen-bond acceptors (Lipinski definition) is 2. The molecule has 0 aromatic rings. The summed E-state index contributed by atoms with van der Waals surface area (Å²) in [6.07, 6.45) is 2.58. The lowest BCUT2D eigenvalue weighted by Gasteiger charge is -1.89. The summed E-state index contributed by atoms with van der Waals surface area (Å²) in [4.78, 5) is 9.57. The second-order valence-electron chi connectivity index (χ2n) is 0.993. The molecule has 0 fully saturated rings. The second-order valence-corrected chi connectivity index (χ2v) is 0.993. The minimum absolute atomic E-state index is 0.450. The van der Waals surface area contributed by atoms with E-state index < -0.39 is 0 Å². The van der Waals surface area contributed by atoms with Gasteiger partial charge in [0.05, 0.1) is 12.9 Å². The van der Waals surface area contributed by atoms with Crippen LogP contribution in [0.3, 0.4) is 0 Å². The zero-order valence-corrected chi connectivity index (χ0v) is 4.09. The van der Waals surface area contributed by atoms with Crippen molar-refractivity contribution in [1.82, 2.24) is 0 Å². The first kappa shape index (κ1) is 6.21. The van der Waals surface area contributed by atoms with Gasteiger partial charge in [-0.05, 0) is 0 Å². The molecule has 0 radical (unpaired) electrons. The van der Waals surface area contributed by atoms with Gasteiger partial charge in [0.25, 0.3) is 0 Å². The van der Waals surface area contributed by atoms with E-state index in [1.54, 1.807) is 0 Å². The summed E-state index contributed by atoms with van der Waals surface area (Å²) in [5.41, 5.74) is 0. The quantitative estimate of drug-likeness (QED) is 0.296. The highest BCUT2D eigenvalue weighted by Crippen LogP contribution is 1.75. The van der Waals surface area contributed by atoms with Gasteiger partial charge in [0.15, 0.2) is 0 Å². The molecule has 0 aromatic heterocycles. The maximum absolute atomic E-state index is 9.57. The highest BCUT2D eigenvalue weighted by molar-refractivity contribution is 5.49. The number of carbonyl (C=O) groups is 1. The van der Waals surface area contributed by atoms with Gasteiger partial charge in [0.1, 0.15) is 6.29 Å². The van der Waals surface area contributed by atoms with Crippen LogP contribution in [0.5, 0.6) is 0 Å². The van der Waals surface area contributed by atoms with Crippen molar-refractivity contribution < 1.29 is 9.53 Å². The maximum Gasteiger partial charge on any atom is 0.123 e. The number of ether oxygens (including phenoxy) is 1. The summed E-state index contributed by atoms with van der Waals surface area (Å²) in [5, 5.41) is 0. The second kappa shape index (κ2) is 5.21. The fraction of sp³-hybridized carbons (Fsp3) is 0.400. The van der Waals surface area contributed by atoms with Gasteiger partial charge >= 0.3 is 0 Å². The molecule has 0 unspecified atom stereocenters. The van der Waals surface area contributed by atoms with E-state index in [0.29, 0.717) is 13.0 Å². The predicted molar refractivity (Wildman–Crippen MR) is 26.8 cm³/mol. The Morgan fingerprint density at radius 2 is 2.43 bits per heavy atom. The highest BCUT2D eigenvalue weighted by Gasteiger charge is 1.75. The van der Waals surface area contributed by atoms with E-state index in [0.717, 1.165) is 6.29 Å². The Kier molecular flexibility index (Phi) is 4.62. The third-order valence-electron chi connectivity index (χ3n) is 0.471. The van der Waals surface area contributed by atoms with Gasteiger partial charge in [0.2, 0.25) is 0 Å². The molecule has 0 aromatic carbocycles. The Morgan fingerprint density at radius 3 is 2.86 bits per heavy atom. The molecule has 0 spiro atoms. The van der Waals surface area contributed by atoms with Crippen LogP contribution in [0.15, 0.2) is 12.8 Å². The molecular weight excluding hydrogens is 92.1 g/mol. The Bertz CT molecular complexity index is 51.1. The zero-order chi connectivity index (χ0) is 5.54. The molecule has 40 valence electrons. The van der Waals surface area contributed by atoms with Crippen LogP contribution in [0.4, 0.5) is 0 Å². The molecule has 0 aliphatic carbocycles. The largest absolute Gasteiger partial charge is 0.501 e. The van der Waals surface area contributed by atoms with Crippen molar-refractivity contribution in [1.29, 1.82) is 0 Å². The highest BCUT2D eigenvalue weighted by atomic mass is 16.5. The van der Waals surface area contributed by atoms with Crippen molar-refractivity contribution in [3.63, 3.8) is 0 Å². The monoisotopic (exact) mass is 100 g/mol. The minimum atomic E-state index is 0.450. The first-order chi connectivity index (χ1) is 3.41. The van der Waals surface area contributed by atoms with E-state index in [9.17, 15) is 4.79 Å². The molecule has 0 amide bonds. The van der Waals surface area contributed by atoms with Crippen molar-refractivity contribution >= 4 is 6.29 Å². The van der Waals surface area contributed by atoms with E-state index in [4.69, 9.17) is 0 Å². The molecular formula is C5H8O2. The number of carbonyl (C=O) groups excluding carboxylic acids is 1. The molecule has 0 aliphatic rings. The van der Waals surface area contributed by atoms with Crippen LogP contribution in [0.2, 0.25) is 0 Å². The lowest BCUT2D eigenvalue weighted by Crippen LogP contribution is -1.85. The summed E-state index contributed by atoms with van der Waals surface area (Å²) >= 11 is 0. The molecule has 7 heavy (non-hydrogen) atoms. The normalized spacial score (nSPS) is 7.43. The third-order valence-corrected chi connectivity index (χ3v) is 0.471. The molecule has 2 nitrogen and oxygen atoms in total. The zero-order valence-electron chi connectivity index (χ0n) is 4.09. The molecule has 0 aliphatic heterocycles. The van der Waals surface area contributed by atoms with Crippen LogP contribution in [-0.2, 0) is 9.53 Å². The van der Waals surface area contributed by atoms with Crippen LogP contribution in [0.1, 0.15) is 6.42 Å². The fourth-order valence-corrected chi connectivity index (χ4v) is 0.199. The van der Waals surface area contributed by atoms with Gasteiger partial charge in [0, 0.05) is 6.42 Å². The topological polar surface area (TPSA) is 26.3 Å². The molecule has 0 N–H and O–H groups in total. The summed E-state index contributed by atoms with van der Waals surface area (Å²) in [5.74, 6) is 0.